The Morgan fingerprint density at radius 2 is 1.11 bits per heavy atom. The monoisotopic (exact) mass is 848 g/mol. The van der Waals surface area contributed by atoms with E-state index in [1.807, 2.05) is 61.5 Å². The lowest BCUT2D eigenvalue weighted by molar-refractivity contribution is 0.346. The summed E-state index contributed by atoms with van der Waals surface area (Å²) < 4.78 is 31.6. The van der Waals surface area contributed by atoms with E-state index in [4.69, 9.17) is 28.8 Å². The van der Waals surface area contributed by atoms with Gasteiger partial charge in [0, 0.05) is 56.2 Å². The van der Waals surface area contributed by atoms with E-state index < -0.39 is 5.54 Å². The molecule has 3 heterocycles. The fourth-order valence-electron chi connectivity index (χ4n) is 8.89. The van der Waals surface area contributed by atoms with Crippen LogP contribution in [0.5, 0.6) is 28.7 Å². The van der Waals surface area contributed by atoms with E-state index in [-0.39, 0.29) is 5.41 Å². The second-order valence-electron chi connectivity index (χ2n) is 16.8. The number of methoxy groups -OCH3 is 4. The van der Waals surface area contributed by atoms with Gasteiger partial charge < -0.3 is 33.5 Å². The molecule has 2 aliphatic rings. The molecule has 0 fully saturated rings. The van der Waals surface area contributed by atoms with E-state index in [9.17, 15) is 0 Å². The van der Waals surface area contributed by atoms with Crippen LogP contribution in [0.3, 0.4) is 0 Å². The van der Waals surface area contributed by atoms with Crippen LogP contribution >= 0.6 is 0 Å². The number of benzene rings is 6. The van der Waals surface area contributed by atoms with Crippen LogP contribution in [0.15, 0.2) is 181 Å². The lowest BCUT2D eigenvalue weighted by Crippen LogP contribution is -2.40. The highest BCUT2D eigenvalue weighted by molar-refractivity contribution is 5.83. The van der Waals surface area contributed by atoms with Crippen LogP contribution in [-0.4, -0.2) is 38.2 Å². The number of anilines is 5. The van der Waals surface area contributed by atoms with E-state index in [1.54, 1.807) is 28.4 Å². The second-order valence-corrected chi connectivity index (χ2v) is 16.8. The van der Waals surface area contributed by atoms with Crippen molar-refractivity contribution >= 4 is 28.4 Å². The van der Waals surface area contributed by atoms with Gasteiger partial charge in [-0.25, -0.2) is 4.68 Å². The topological polar surface area (TPSA) is 70.5 Å². The van der Waals surface area contributed by atoms with Crippen molar-refractivity contribution < 1.29 is 23.7 Å². The molecular formula is C55H52N4O5. The third-order valence-electron chi connectivity index (χ3n) is 12.1. The number of fused-ring (bicyclic) bond motifs is 7. The molecule has 0 amide bonds. The van der Waals surface area contributed by atoms with E-state index in [1.165, 1.54) is 0 Å². The van der Waals surface area contributed by atoms with Crippen molar-refractivity contribution in [2.75, 3.05) is 38.2 Å². The molecule has 9 heteroatoms. The number of rotatable bonds is 12. The van der Waals surface area contributed by atoms with E-state index >= 15 is 0 Å². The van der Waals surface area contributed by atoms with Gasteiger partial charge in [0.1, 0.15) is 40.0 Å². The first kappa shape index (κ1) is 41.7. The number of allylic oxidation sites excluding steroid dienone is 4. The molecule has 0 saturated heterocycles. The maximum Gasteiger partial charge on any atom is 0.146 e. The number of hydrogen-bond donors (Lipinski definition) is 0. The van der Waals surface area contributed by atoms with Crippen LogP contribution in [0.25, 0.3) is 11.3 Å². The van der Waals surface area contributed by atoms with Crippen molar-refractivity contribution in [3.05, 3.63) is 198 Å². The summed E-state index contributed by atoms with van der Waals surface area (Å²) in [5, 5.41) is 5.59. The average molecular weight is 849 g/mol. The second kappa shape index (κ2) is 16.6. The lowest BCUT2D eigenvalue weighted by atomic mass is 9.74. The first-order chi connectivity index (χ1) is 31.0. The third-order valence-corrected chi connectivity index (χ3v) is 12.1. The van der Waals surface area contributed by atoms with Crippen molar-refractivity contribution in [2.45, 2.75) is 38.6 Å². The zero-order valence-electron chi connectivity index (χ0n) is 37.5. The summed E-state index contributed by atoms with van der Waals surface area (Å²) in [5.74, 6) is 4.54. The molecule has 1 atom stereocenters. The summed E-state index contributed by atoms with van der Waals surface area (Å²) in [6, 6.07) is 49.6. The van der Waals surface area contributed by atoms with E-state index in [0.29, 0.717) is 0 Å². The fraction of sp³-hybridized carbons (Fsp3) is 0.182. The van der Waals surface area contributed by atoms with Gasteiger partial charge in [0.25, 0.3) is 0 Å². The minimum Gasteiger partial charge on any atom is -0.497 e. The van der Waals surface area contributed by atoms with Crippen LogP contribution in [0.2, 0.25) is 0 Å². The van der Waals surface area contributed by atoms with Crippen molar-refractivity contribution in [2.24, 2.45) is 0 Å². The molecule has 9 nitrogen and oxygen atoms in total. The van der Waals surface area contributed by atoms with Crippen LogP contribution < -0.4 is 33.5 Å². The number of ether oxygens (including phenoxy) is 5. The first-order valence-corrected chi connectivity index (χ1v) is 21.3. The molecule has 1 aromatic heterocycles. The highest BCUT2D eigenvalue weighted by atomic mass is 16.5. The van der Waals surface area contributed by atoms with Gasteiger partial charge in [-0.05, 0) is 146 Å². The molecule has 1 spiro atoms. The molecule has 0 bridgehead atoms. The summed E-state index contributed by atoms with van der Waals surface area (Å²) in [5.41, 5.74) is 10.3. The van der Waals surface area contributed by atoms with Gasteiger partial charge in [-0.1, -0.05) is 51.6 Å². The smallest absolute Gasteiger partial charge is 0.146 e. The SMILES string of the molecule is C=C/C(=C\C1=C(C)Oc2ccc(N(c3ccc(OC)cc3)c3ccc(OC)cc3)cc2C12c1ccccc1-c1cc(C(C)(C)C)nn12)N(c1ccc(OC)cc1)c1ccc(OC)cc1. The van der Waals surface area contributed by atoms with Crippen molar-refractivity contribution in [1.82, 2.24) is 9.78 Å². The Kier molecular flexibility index (Phi) is 10.8. The van der Waals surface area contributed by atoms with E-state index in [2.05, 4.69) is 145 Å². The van der Waals surface area contributed by atoms with Crippen LogP contribution in [-0.2, 0) is 11.0 Å². The molecular weight excluding hydrogens is 797 g/mol. The molecule has 0 aliphatic carbocycles. The summed E-state index contributed by atoms with van der Waals surface area (Å²) in [4.78, 5) is 4.43. The Labute approximate surface area is 375 Å². The maximum atomic E-state index is 7.00. The van der Waals surface area contributed by atoms with Crippen molar-refractivity contribution in [1.29, 1.82) is 0 Å². The summed E-state index contributed by atoms with van der Waals surface area (Å²) in [7, 11) is 6.71. The molecule has 64 heavy (non-hydrogen) atoms. The maximum absolute atomic E-state index is 7.00. The fourth-order valence-corrected chi connectivity index (χ4v) is 8.89. The third kappa shape index (κ3) is 7.03. The summed E-state index contributed by atoms with van der Waals surface area (Å²) >= 11 is 0. The van der Waals surface area contributed by atoms with E-state index in [0.717, 1.165) is 102 Å². The predicted octanol–water partition coefficient (Wildman–Crippen LogP) is 13.0. The summed E-state index contributed by atoms with van der Waals surface area (Å²) in [6.07, 6.45) is 4.11. The Bertz CT molecular complexity index is 2810. The van der Waals surface area contributed by atoms with Gasteiger partial charge in [0.2, 0.25) is 0 Å². The van der Waals surface area contributed by atoms with Gasteiger partial charge in [-0.2, -0.15) is 5.10 Å². The molecule has 6 aromatic carbocycles. The Morgan fingerprint density at radius 1 is 0.625 bits per heavy atom. The molecule has 2 aliphatic heterocycles. The molecule has 1 unspecified atom stereocenters. The predicted molar refractivity (Wildman–Crippen MR) is 257 cm³/mol. The highest BCUT2D eigenvalue weighted by Gasteiger charge is 2.53. The molecule has 7 aromatic rings. The minimum atomic E-state index is -0.992. The zero-order valence-corrected chi connectivity index (χ0v) is 37.5. The Morgan fingerprint density at radius 3 is 1.59 bits per heavy atom. The molecule has 322 valence electrons. The Hall–Kier alpha value is -7.65. The van der Waals surface area contributed by atoms with Gasteiger partial charge in [0.15, 0.2) is 0 Å². The summed E-state index contributed by atoms with van der Waals surface area (Å²) in [6.45, 7) is 13.1. The number of aromatic nitrogens is 2. The van der Waals surface area contributed by atoms with Gasteiger partial charge in [-0.15, -0.1) is 0 Å². The van der Waals surface area contributed by atoms with Gasteiger partial charge in [-0.3, -0.25) is 0 Å². The number of hydrogen-bond acceptors (Lipinski definition) is 8. The van der Waals surface area contributed by atoms with Gasteiger partial charge in [0.05, 0.1) is 39.8 Å². The highest BCUT2D eigenvalue weighted by Crippen LogP contribution is 2.58. The lowest BCUT2D eigenvalue weighted by Gasteiger charge is -2.41. The van der Waals surface area contributed by atoms with Crippen LogP contribution in [0.1, 0.15) is 44.5 Å². The molecule has 9 rings (SSSR count). The minimum absolute atomic E-state index is 0.233. The largest absolute Gasteiger partial charge is 0.497 e. The number of nitrogens with zero attached hydrogens (tertiary/aromatic N) is 4. The van der Waals surface area contributed by atoms with Crippen molar-refractivity contribution in [3.8, 4) is 40.0 Å². The molecule has 0 saturated carbocycles. The quantitative estimate of drug-likeness (QED) is 0.113. The average Bonchev–Trinajstić information content (AvgIpc) is 3.89. The standard InChI is InChI=1S/C55H52N4O5/c1-10-37(57(38-15-24-43(60-6)25-16-38)39-17-26-44(61-7)27-18-39)33-49-36(2)64-52-32-23-42(58(40-19-28-45(62-8)29-20-40)41-21-30-46(63-9)31-22-41)34-50(52)55(49)48-14-12-11-13-47(48)51-35-53(54(3,4)5)56-59(51)55/h10-35H,1H2,2-9H3/b37-33+. The van der Waals surface area contributed by atoms with Crippen LogP contribution in [0, 0.1) is 0 Å². The Balaban J connectivity index is 1.33. The van der Waals surface area contributed by atoms with Gasteiger partial charge >= 0.3 is 0 Å². The zero-order chi connectivity index (χ0) is 44.8. The van der Waals surface area contributed by atoms with Crippen molar-refractivity contribution in [3.63, 3.8) is 0 Å². The first-order valence-electron chi connectivity index (χ1n) is 21.3. The van der Waals surface area contributed by atoms with Crippen LogP contribution in [0.4, 0.5) is 28.4 Å². The molecule has 0 radical (unpaired) electrons. The molecule has 0 N–H and O–H groups in total. The normalized spacial score (nSPS) is 15.2.